The third kappa shape index (κ3) is 2.53. The van der Waals surface area contributed by atoms with E-state index in [0.717, 1.165) is 17.9 Å². The summed E-state index contributed by atoms with van der Waals surface area (Å²) >= 11 is 0. The molecule has 0 spiro atoms. The molecule has 5 heteroatoms. The zero-order valence-corrected chi connectivity index (χ0v) is 14.9. The van der Waals surface area contributed by atoms with Crippen molar-refractivity contribution in [3.05, 3.63) is 35.9 Å². The molecule has 24 heavy (non-hydrogen) atoms. The van der Waals surface area contributed by atoms with Gasteiger partial charge in [0.05, 0.1) is 30.9 Å². The summed E-state index contributed by atoms with van der Waals surface area (Å²) in [6.45, 7) is 7.97. The third-order valence-corrected chi connectivity index (χ3v) is 6.74. The van der Waals surface area contributed by atoms with Crippen molar-refractivity contribution in [2.75, 3.05) is 6.61 Å². The lowest BCUT2D eigenvalue weighted by atomic mass is 9.43. The van der Waals surface area contributed by atoms with Crippen LogP contribution in [0.1, 0.15) is 39.2 Å². The van der Waals surface area contributed by atoms with Gasteiger partial charge in [-0.15, -0.1) is 0 Å². The predicted molar refractivity (Wildman–Crippen MR) is 94.2 cm³/mol. The molecule has 4 aliphatic rings. The van der Waals surface area contributed by atoms with Crippen LogP contribution in [0.3, 0.4) is 0 Å². The standard InChI is InChI=1S/C19H28BNO3/c1-18(2)14-9-15(18)19(3)16(10-14)23-20(24-19)17(21)12-22-11-13-7-5-4-6-8-13/h4-8,14-17H,9-12,21H2,1-3H3/t14-,15+,16+,17?,19+/m1/s1. The van der Waals surface area contributed by atoms with E-state index in [4.69, 9.17) is 19.8 Å². The maximum absolute atomic E-state index is 6.38. The Morgan fingerprint density at radius 2 is 2.00 bits per heavy atom. The van der Waals surface area contributed by atoms with E-state index in [0.29, 0.717) is 24.5 Å². The summed E-state index contributed by atoms with van der Waals surface area (Å²) in [7, 11) is -0.356. The van der Waals surface area contributed by atoms with Crippen LogP contribution in [-0.4, -0.2) is 31.4 Å². The van der Waals surface area contributed by atoms with Gasteiger partial charge in [0.25, 0.3) is 0 Å². The van der Waals surface area contributed by atoms with Crippen LogP contribution in [-0.2, 0) is 20.7 Å². The Morgan fingerprint density at radius 3 is 2.71 bits per heavy atom. The fourth-order valence-corrected chi connectivity index (χ4v) is 5.05. The lowest BCUT2D eigenvalue weighted by molar-refractivity contribution is -0.199. The summed E-state index contributed by atoms with van der Waals surface area (Å²) in [5.74, 6) is 1.07. The van der Waals surface area contributed by atoms with Gasteiger partial charge in [0.2, 0.25) is 0 Å². The van der Waals surface area contributed by atoms with Gasteiger partial charge in [-0.3, -0.25) is 0 Å². The Labute approximate surface area is 145 Å². The first-order chi connectivity index (χ1) is 11.4. The van der Waals surface area contributed by atoms with E-state index < -0.39 is 0 Å². The third-order valence-electron chi connectivity index (χ3n) is 6.74. The lowest BCUT2D eigenvalue weighted by Crippen LogP contribution is -2.65. The first kappa shape index (κ1) is 16.6. The fourth-order valence-electron chi connectivity index (χ4n) is 5.05. The number of hydrogen-bond acceptors (Lipinski definition) is 4. The van der Waals surface area contributed by atoms with Gasteiger partial charge in [0.15, 0.2) is 0 Å². The molecular formula is C19H28BNO3. The molecule has 4 fully saturated rings. The number of hydrogen-bond donors (Lipinski definition) is 1. The van der Waals surface area contributed by atoms with E-state index in [9.17, 15) is 0 Å². The zero-order chi connectivity index (χ0) is 16.9. The second kappa shape index (κ2) is 5.84. The summed E-state index contributed by atoms with van der Waals surface area (Å²) < 4.78 is 18.3. The van der Waals surface area contributed by atoms with Crippen LogP contribution in [0.2, 0.25) is 0 Å². The molecule has 2 N–H and O–H groups in total. The van der Waals surface area contributed by atoms with Crippen LogP contribution >= 0.6 is 0 Å². The molecule has 1 unspecified atom stereocenters. The minimum Gasteiger partial charge on any atom is -0.404 e. The van der Waals surface area contributed by atoms with E-state index in [1.54, 1.807) is 0 Å². The predicted octanol–water partition coefficient (Wildman–Crippen LogP) is 2.80. The van der Waals surface area contributed by atoms with Gasteiger partial charge in [-0.05, 0) is 42.6 Å². The quantitative estimate of drug-likeness (QED) is 0.844. The Kier molecular flexibility index (Phi) is 4.03. The van der Waals surface area contributed by atoms with Crippen molar-refractivity contribution in [2.45, 2.75) is 57.9 Å². The van der Waals surface area contributed by atoms with Gasteiger partial charge in [0.1, 0.15) is 0 Å². The summed E-state index contributed by atoms with van der Waals surface area (Å²) in [4.78, 5) is 0. The molecular weight excluding hydrogens is 301 g/mol. The van der Waals surface area contributed by atoms with Gasteiger partial charge in [0, 0.05) is 0 Å². The monoisotopic (exact) mass is 329 g/mol. The van der Waals surface area contributed by atoms with Crippen LogP contribution in [0.5, 0.6) is 0 Å². The van der Waals surface area contributed by atoms with Crippen molar-refractivity contribution >= 4 is 7.12 Å². The maximum Gasteiger partial charge on any atom is 0.478 e. The summed E-state index contributed by atoms with van der Waals surface area (Å²) in [6, 6.07) is 10.1. The van der Waals surface area contributed by atoms with Gasteiger partial charge in [-0.2, -0.15) is 0 Å². The molecule has 0 radical (unpaired) electrons. The van der Waals surface area contributed by atoms with E-state index in [2.05, 4.69) is 32.9 Å². The van der Waals surface area contributed by atoms with Crippen LogP contribution in [0.4, 0.5) is 0 Å². The summed E-state index contributed by atoms with van der Waals surface area (Å²) in [5.41, 5.74) is 7.63. The summed E-state index contributed by atoms with van der Waals surface area (Å²) in [6.07, 6.45) is 2.53. The second-order valence-electron chi connectivity index (χ2n) is 8.50. The van der Waals surface area contributed by atoms with Gasteiger partial charge >= 0.3 is 7.12 Å². The largest absolute Gasteiger partial charge is 0.478 e. The molecule has 4 nitrogen and oxygen atoms in total. The molecule has 130 valence electrons. The molecule has 1 saturated heterocycles. The van der Waals surface area contributed by atoms with E-state index in [1.165, 1.54) is 6.42 Å². The van der Waals surface area contributed by atoms with Crippen molar-refractivity contribution in [2.24, 2.45) is 23.0 Å². The molecule has 2 bridgehead atoms. The minimum absolute atomic E-state index is 0.180. The molecule has 3 saturated carbocycles. The Bertz CT molecular complexity index is 596. The van der Waals surface area contributed by atoms with Crippen molar-refractivity contribution < 1.29 is 14.0 Å². The fraction of sp³-hybridized carbons (Fsp3) is 0.684. The second-order valence-corrected chi connectivity index (χ2v) is 8.50. The van der Waals surface area contributed by atoms with Crippen molar-refractivity contribution in [3.8, 4) is 0 Å². The first-order valence-corrected chi connectivity index (χ1v) is 9.12. The molecule has 3 aliphatic carbocycles. The molecule has 5 rings (SSSR count). The maximum atomic E-state index is 6.38. The van der Waals surface area contributed by atoms with E-state index in [1.807, 2.05) is 18.2 Å². The normalized spacial score (nSPS) is 37.7. The lowest BCUT2D eigenvalue weighted by Gasteiger charge is -2.64. The van der Waals surface area contributed by atoms with Gasteiger partial charge < -0.3 is 19.8 Å². The average Bonchev–Trinajstić information content (AvgIpc) is 2.92. The molecule has 1 aromatic carbocycles. The first-order valence-electron chi connectivity index (χ1n) is 9.12. The van der Waals surface area contributed by atoms with Crippen molar-refractivity contribution in [1.29, 1.82) is 0 Å². The Morgan fingerprint density at radius 1 is 1.25 bits per heavy atom. The molecule has 5 atom stereocenters. The molecule has 1 aromatic rings. The molecule has 0 amide bonds. The Balaban J connectivity index is 1.33. The Hall–Kier alpha value is -0.875. The highest BCUT2D eigenvalue weighted by Gasteiger charge is 2.68. The van der Waals surface area contributed by atoms with Crippen LogP contribution in [0.15, 0.2) is 30.3 Å². The van der Waals surface area contributed by atoms with Crippen molar-refractivity contribution in [1.82, 2.24) is 0 Å². The van der Waals surface area contributed by atoms with E-state index >= 15 is 0 Å². The topological polar surface area (TPSA) is 53.7 Å². The molecule has 1 aliphatic heterocycles. The number of benzene rings is 1. The highest BCUT2D eigenvalue weighted by molar-refractivity contribution is 6.47. The molecule has 0 aromatic heterocycles. The SMILES string of the molecule is CC1(C)[C@H]2C[C@@H]3OB(C(N)COCc4ccccc4)O[C@@]3(C)[C@H]1C2. The van der Waals surface area contributed by atoms with E-state index in [-0.39, 0.29) is 24.8 Å². The summed E-state index contributed by atoms with van der Waals surface area (Å²) in [5, 5.41) is 0. The van der Waals surface area contributed by atoms with Gasteiger partial charge in [-0.25, -0.2) is 0 Å². The number of nitrogens with two attached hydrogens (primary N) is 1. The van der Waals surface area contributed by atoms with Crippen LogP contribution < -0.4 is 5.73 Å². The number of ether oxygens (including phenoxy) is 1. The van der Waals surface area contributed by atoms with Gasteiger partial charge in [-0.1, -0.05) is 44.2 Å². The zero-order valence-electron chi connectivity index (χ0n) is 14.9. The van der Waals surface area contributed by atoms with Crippen LogP contribution in [0, 0.1) is 17.3 Å². The average molecular weight is 329 g/mol. The highest BCUT2D eigenvalue weighted by Crippen LogP contribution is 2.65. The van der Waals surface area contributed by atoms with Crippen LogP contribution in [0.25, 0.3) is 0 Å². The number of rotatable bonds is 5. The highest BCUT2D eigenvalue weighted by atomic mass is 16.7. The molecule has 1 heterocycles. The smallest absolute Gasteiger partial charge is 0.404 e. The van der Waals surface area contributed by atoms with Crippen molar-refractivity contribution in [3.63, 3.8) is 0 Å². The minimum atomic E-state index is -0.356.